The van der Waals surface area contributed by atoms with Gasteiger partial charge in [-0.25, -0.2) is 0 Å². The van der Waals surface area contributed by atoms with Gasteiger partial charge in [0.25, 0.3) is 0 Å². The van der Waals surface area contributed by atoms with Crippen LogP contribution in [0.2, 0.25) is 0 Å². The Balaban J connectivity index is 2.62. The maximum absolute atomic E-state index is 2.00. The summed E-state index contributed by atoms with van der Waals surface area (Å²) in [6.07, 6.45) is 6.00. The molecule has 0 bridgehead atoms. The summed E-state index contributed by atoms with van der Waals surface area (Å²) < 4.78 is 0. The van der Waals surface area contributed by atoms with Crippen LogP contribution in [0.3, 0.4) is 0 Å². The highest BCUT2D eigenvalue weighted by molar-refractivity contribution is 4.87. The van der Waals surface area contributed by atoms with Gasteiger partial charge in [-0.05, 0) is 13.3 Å². The lowest BCUT2D eigenvalue weighted by molar-refractivity contribution is 1.53. The Kier molecular flexibility index (Phi) is 3.55. The Bertz CT molecular complexity index is 27.0. The largest absolute Gasteiger partial charge is 0.0914 e. The fourth-order valence-electron chi connectivity index (χ4n) is 0.192. The molecule has 0 spiro atoms. The highest BCUT2D eigenvalue weighted by Gasteiger charge is 1.53. The molecule has 0 aliphatic heterocycles. The summed E-state index contributed by atoms with van der Waals surface area (Å²) in [5, 5.41) is 0. The molecule has 0 saturated carbocycles. The van der Waals surface area contributed by atoms with Crippen molar-refractivity contribution >= 4 is 0 Å². The van der Waals surface area contributed by atoms with Crippen molar-refractivity contribution in [2.24, 2.45) is 0 Å². The van der Waals surface area contributed by atoms with E-state index in [1.807, 2.05) is 32.4 Å². The van der Waals surface area contributed by atoms with Gasteiger partial charge in [0.2, 0.25) is 0 Å². The van der Waals surface area contributed by atoms with Gasteiger partial charge in [0.15, 0.2) is 0 Å². The first-order chi connectivity index (χ1) is 2.41. The Hall–Kier alpha value is -0.260. The van der Waals surface area contributed by atoms with Crippen molar-refractivity contribution in [3.63, 3.8) is 0 Å². The molecule has 0 rings (SSSR count). The summed E-state index contributed by atoms with van der Waals surface area (Å²) in [6.45, 7) is 4.00. The fourth-order valence-corrected chi connectivity index (χ4v) is 0.192. The van der Waals surface area contributed by atoms with Gasteiger partial charge in [0.05, 0.1) is 0 Å². The summed E-state index contributed by atoms with van der Waals surface area (Å²) in [4.78, 5) is 0. The first-order valence-electron chi connectivity index (χ1n) is 1.82. The Morgan fingerprint density at radius 2 is 1.80 bits per heavy atom. The molecule has 0 aromatic heterocycles. The first-order valence-corrected chi connectivity index (χ1v) is 1.82. The van der Waals surface area contributed by atoms with Crippen LogP contribution in [-0.2, 0) is 0 Å². The molecule has 0 aromatic rings. The highest BCUT2D eigenvalue weighted by Crippen LogP contribution is 1.71. The highest BCUT2D eigenvalue weighted by atomic mass is 13.6. The Labute approximate surface area is 33.5 Å². The van der Waals surface area contributed by atoms with Crippen LogP contribution in [-0.4, -0.2) is 0 Å². The second-order valence-corrected chi connectivity index (χ2v) is 0.859. The maximum atomic E-state index is 2.00. The molecule has 0 aliphatic carbocycles. The molecule has 0 nitrogen and oxygen atoms in total. The van der Waals surface area contributed by atoms with E-state index in [2.05, 4.69) is 0 Å². The maximum Gasteiger partial charge on any atom is -0.0202 e. The van der Waals surface area contributed by atoms with E-state index < -0.39 is 0 Å². The van der Waals surface area contributed by atoms with Crippen molar-refractivity contribution < 1.29 is 0 Å². The molecule has 0 atom stereocenters. The second kappa shape index (κ2) is 3.74. The quantitative estimate of drug-likeness (QED) is 0.440. The Morgan fingerprint density at radius 1 is 1.20 bits per heavy atom. The van der Waals surface area contributed by atoms with Crippen molar-refractivity contribution in [1.29, 1.82) is 0 Å². The number of rotatable bonds is 1. The van der Waals surface area contributed by atoms with Gasteiger partial charge in [0, 0.05) is 0 Å². The lowest BCUT2D eigenvalue weighted by Gasteiger charge is -1.64. The molecule has 0 heteroatoms. The van der Waals surface area contributed by atoms with Gasteiger partial charge in [-0.3, -0.25) is 0 Å². The van der Waals surface area contributed by atoms with Crippen LogP contribution >= 0.6 is 0 Å². The van der Waals surface area contributed by atoms with E-state index in [9.17, 15) is 0 Å². The van der Waals surface area contributed by atoms with E-state index in [0.717, 1.165) is 0 Å². The third kappa shape index (κ3) is 3.74. The van der Waals surface area contributed by atoms with Gasteiger partial charge in [0.1, 0.15) is 0 Å². The predicted molar refractivity (Wildman–Crippen MR) is 24.8 cm³/mol. The first kappa shape index (κ1) is 4.74. The molecule has 0 aliphatic rings. The molecule has 0 heterocycles. The van der Waals surface area contributed by atoms with Crippen molar-refractivity contribution in [1.82, 2.24) is 0 Å². The van der Waals surface area contributed by atoms with Crippen molar-refractivity contribution in [2.75, 3.05) is 0 Å². The van der Waals surface area contributed by atoms with Crippen molar-refractivity contribution in [3.8, 4) is 0 Å². The summed E-state index contributed by atoms with van der Waals surface area (Å²) in [7, 11) is 0. The van der Waals surface area contributed by atoms with Crippen LogP contribution in [0.25, 0.3) is 0 Å². The van der Waals surface area contributed by atoms with Gasteiger partial charge < -0.3 is 0 Å². The van der Waals surface area contributed by atoms with Crippen LogP contribution < -0.4 is 0 Å². The molecule has 0 unspecified atom stereocenters. The van der Waals surface area contributed by atoms with E-state index in [1.54, 1.807) is 0 Å². The standard InChI is InChI=1S/C5H9/c1-3-5-4-2/h3-5H,1-2H3/b5-3+. The number of hydrogen-bond acceptors (Lipinski definition) is 0. The third-order valence-electron chi connectivity index (χ3n) is 0.385. The minimum atomic E-state index is 2.00. The van der Waals surface area contributed by atoms with Crippen LogP contribution in [0.1, 0.15) is 13.8 Å². The van der Waals surface area contributed by atoms with Gasteiger partial charge >= 0.3 is 0 Å². The summed E-state index contributed by atoms with van der Waals surface area (Å²) >= 11 is 0. The van der Waals surface area contributed by atoms with Crippen LogP contribution in [0.5, 0.6) is 0 Å². The Morgan fingerprint density at radius 3 is 1.80 bits per heavy atom. The third-order valence-corrected chi connectivity index (χ3v) is 0.385. The zero-order valence-electron chi connectivity index (χ0n) is 3.73. The summed E-state index contributed by atoms with van der Waals surface area (Å²) in [6, 6.07) is 0. The molecule has 29 valence electrons. The number of hydrogen-bond donors (Lipinski definition) is 0. The molecule has 0 amide bonds. The smallest absolute Gasteiger partial charge is 0.0202 e. The van der Waals surface area contributed by atoms with Crippen LogP contribution in [0.4, 0.5) is 0 Å². The van der Waals surface area contributed by atoms with Crippen molar-refractivity contribution in [3.05, 3.63) is 18.6 Å². The molecule has 1 radical (unpaired) electrons. The summed E-state index contributed by atoms with van der Waals surface area (Å²) in [5.41, 5.74) is 0. The minimum absolute atomic E-state index is 2.00. The zero-order valence-corrected chi connectivity index (χ0v) is 3.73. The second-order valence-electron chi connectivity index (χ2n) is 0.859. The minimum Gasteiger partial charge on any atom is -0.0914 e. The fraction of sp³-hybridized carbons (Fsp3) is 0.400. The molecule has 0 saturated heterocycles. The molecule has 0 fully saturated rings. The van der Waals surface area contributed by atoms with E-state index in [0.29, 0.717) is 0 Å². The zero-order chi connectivity index (χ0) is 4.12. The lowest BCUT2D eigenvalue weighted by Crippen LogP contribution is -1.45. The predicted octanol–water partition coefficient (Wildman–Crippen LogP) is 1.79. The van der Waals surface area contributed by atoms with E-state index in [1.165, 1.54) is 0 Å². The van der Waals surface area contributed by atoms with Crippen LogP contribution in [0, 0.1) is 6.42 Å². The van der Waals surface area contributed by atoms with Crippen LogP contribution in [0.15, 0.2) is 12.2 Å². The topological polar surface area (TPSA) is 0 Å². The van der Waals surface area contributed by atoms with Gasteiger partial charge in [-0.15, -0.1) is 0 Å². The van der Waals surface area contributed by atoms with E-state index in [-0.39, 0.29) is 0 Å². The van der Waals surface area contributed by atoms with Crippen molar-refractivity contribution in [2.45, 2.75) is 13.8 Å². The molecular weight excluding hydrogens is 60.1 g/mol. The van der Waals surface area contributed by atoms with Gasteiger partial charge in [-0.2, -0.15) is 0 Å². The average molecular weight is 69.1 g/mol. The molecule has 5 heavy (non-hydrogen) atoms. The van der Waals surface area contributed by atoms with E-state index >= 15 is 0 Å². The molecule has 0 N–H and O–H groups in total. The van der Waals surface area contributed by atoms with E-state index in [4.69, 9.17) is 0 Å². The summed E-state index contributed by atoms with van der Waals surface area (Å²) in [5.74, 6) is 0. The normalized spacial score (nSPS) is 10.0. The lowest BCUT2D eigenvalue weighted by atomic mass is 10.4. The molecule has 0 aromatic carbocycles. The monoisotopic (exact) mass is 69.1 g/mol. The van der Waals surface area contributed by atoms with Gasteiger partial charge in [-0.1, -0.05) is 19.1 Å². The average Bonchev–Trinajstić information content (AvgIpc) is 1.41. The SMILES string of the molecule is C[CH]/C=C/C. The number of allylic oxidation sites excluding steroid dienone is 2. The molecular formula is C5H9.